The molecule has 1 aromatic carbocycles. The smallest absolute Gasteiger partial charge is 0.319 e. The predicted molar refractivity (Wildman–Crippen MR) is 87.9 cm³/mol. The summed E-state index contributed by atoms with van der Waals surface area (Å²) in [6.45, 7) is 5.33. The number of piperidine rings is 1. The van der Waals surface area contributed by atoms with E-state index in [4.69, 9.17) is 0 Å². The molecule has 1 aliphatic rings. The van der Waals surface area contributed by atoms with Gasteiger partial charge < -0.3 is 15.1 Å². The predicted octanol–water partition coefficient (Wildman–Crippen LogP) is 2.64. The van der Waals surface area contributed by atoms with Gasteiger partial charge in [0.2, 0.25) is 5.91 Å². The molecule has 22 heavy (non-hydrogen) atoms. The number of amides is 3. The van der Waals surface area contributed by atoms with Gasteiger partial charge in [0.15, 0.2) is 0 Å². The summed E-state index contributed by atoms with van der Waals surface area (Å²) in [5, 5.41) is 3.01. The Balaban J connectivity index is 1.91. The van der Waals surface area contributed by atoms with Gasteiger partial charge in [0.05, 0.1) is 0 Å². The van der Waals surface area contributed by atoms with Crippen LogP contribution in [-0.2, 0) is 4.79 Å². The Morgan fingerprint density at radius 1 is 1.09 bits per heavy atom. The van der Waals surface area contributed by atoms with Gasteiger partial charge in [-0.3, -0.25) is 4.79 Å². The second-order valence-electron chi connectivity index (χ2n) is 6.30. The maximum Gasteiger partial charge on any atom is 0.319 e. The monoisotopic (exact) mass is 303 g/mol. The first-order chi connectivity index (χ1) is 10.4. The number of nitrogens with one attached hydrogen (secondary N) is 1. The number of hydrogen-bond donors (Lipinski definition) is 1. The summed E-state index contributed by atoms with van der Waals surface area (Å²) in [5.41, 5.74) is 3.14. The second kappa shape index (κ2) is 6.81. The summed E-state index contributed by atoms with van der Waals surface area (Å²) in [6, 6.07) is 6.07. The van der Waals surface area contributed by atoms with Gasteiger partial charge in [0.25, 0.3) is 0 Å². The molecule has 0 spiro atoms. The van der Waals surface area contributed by atoms with Crippen molar-refractivity contribution in [3.8, 4) is 0 Å². The van der Waals surface area contributed by atoms with Crippen LogP contribution >= 0.6 is 0 Å². The fraction of sp³-hybridized carbons (Fsp3) is 0.529. The Hall–Kier alpha value is -2.04. The van der Waals surface area contributed by atoms with Gasteiger partial charge in [0, 0.05) is 38.8 Å². The molecule has 1 aromatic rings. The summed E-state index contributed by atoms with van der Waals surface area (Å²) in [6.07, 6.45) is 1.44. The van der Waals surface area contributed by atoms with E-state index in [2.05, 4.69) is 11.4 Å². The molecule has 1 aliphatic heterocycles. The Morgan fingerprint density at radius 2 is 1.64 bits per heavy atom. The second-order valence-corrected chi connectivity index (χ2v) is 6.30. The number of aryl methyl sites for hydroxylation is 2. The van der Waals surface area contributed by atoms with Gasteiger partial charge in [-0.05, 0) is 49.9 Å². The summed E-state index contributed by atoms with van der Waals surface area (Å²) in [7, 11) is 3.50. The van der Waals surface area contributed by atoms with Gasteiger partial charge in [0.1, 0.15) is 0 Å². The normalized spacial score (nSPS) is 15.5. The number of rotatable bonds is 2. The number of nitrogens with zero attached hydrogens (tertiary/aromatic N) is 2. The molecule has 0 atom stereocenters. The van der Waals surface area contributed by atoms with E-state index >= 15 is 0 Å². The molecule has 120 valence electrons. The van der Waals surface area contributed by atoms with Gasteiger partial charge in [-0.25, -0.2) is 4.79 Å². The van der Waals surface area contributed by atoms with E-state index in [0.29, 0.717) is 13.1 Å². The lowest BCUT2D eigenvalue weighted by Crippen LogP contribution is -2.45. The average Bonchev–Trinajstić information content (AvgIpc) is 2.45. The Bertz CT molecular complexity index is 541. The molecule has 0 aliphatic carbocycles. The molecule has 0 aromatic heterocycles. The van der Waals surface area contributed by atoms with Crippen LogP contribution in [0.3, 0.4) is 0 Å². The van der Waals surface area contributed by atoms with Crippen molar-refractivity contribution in [3.05, 3.63) is 29.3 Å². The van der Waals surface area contributed by atoms with Crippen LogP contribution in [0.2, 0.25) is 0 Å². The highest BCUT2D eigenvalue weighted by Crippen LogP contribution is 2.21. The van der Waals surface area contributed by atoms with E-state index in [1.165, 1.54) is 0 Å². The minimum Gasteiger partial charge on any atom is -0.331 e. The van der Waals surface area contributed by atoms with Crippen LogP contribution in [0.4, 0.5) is 10.5 Å². The molecule has 5 nitrogen and oxygen atoms in total. The SMILES string of the molecule is Cc1cc(C)cc(NC(=O)C2CCN(C(=O)N(C)C)CC2)c1. The molecule has 1 saturated heterocycles. The topological polar surface area (TPSA) is 52.7 Å². The number of carbonyl (C=O) groups excluding carboxylic acids is 2. The van der Waals surface area contributed by atoms with Crippen LogP contribution in [0.5, 0.6) is 0 Å². The molecule has 5 heteroatoms. The minimum atomic E-state index is -0.0213. The van der Waals surface area contributed by atoms with Crippen LogP contribution in [-0.4, -0.2) is 48.9 Å². The van der Waals surface area contributed by atoms with Crippen molar-refractivity contribution in [3.63, 3.8) is 0 Å². The highest BCUT2D eigenvalue weighted by Gasteiger charge is 2.27. The van der Waals surface area contributed by atoms with Crippen molar-refractivity contribution in [1.29, 1.82) is 0 Å². The van der Waals surface area contributed by atoms with Crippen LogP contribution in [0, 0.1) is 19.8 Å². The number of benzene rings is 1. The highest BCUT2D eigenvalue weighted by atomic mass is 16.2. The molecule has 2 rings (SSSR count). The molecule has 0 saturated carbocycles. The Kier molecular flexibility index (Phi) is 5.06. The van der Waals surface area contributed by atoms with Crippen molar-refractivity contribution < 1.29 is 9.59 Å². The zero-order chi connectivity index (χ0) is 16.3. The van der Waals surface area contributed by atoms with Gasteiger partial charge in [-0.15, -0.1) is 0 Å². The molecule has 3 amide bonds. The first-order valence-electron chi connectivity index (χ1n) is 7.72. The van der Waals surface area contributed by atoms with Crippen molar-refractivity contribution in [2.45, 2.75) is 26.7 Å². The van der Waals surface area contributed by atoms with E-state index in [9.17, 15) is 9.59 Å². The number of hydrogen-bond acceptors (Lipinski definition) is 2. The van der Waals surface area contributed by atoms with Crippen molar-refractivity contribution in [1.82, 2.24) is 9.80 Å². The van der Waals surface area contributed by atoms with Crippen LogP contribution < -0.4 is 5.32 Å². The summed E-state index contributed by atoms with van der Waals surface area (Å²) < 4.78 is 0. The van der Waals surface area contributed by atoms with Gasteiger partial charge in [-0.2, -0.15) is 0 Å². The maximum absolute atomic E-state index is 12.4. The van der Waals surface area contributed by atoms with Crippen molar-refractivity contribution in [2.75, 3.05) is 32.5 Å². The molecule has 0 radical (unpaired) electrons. The lowest BCUT2D eigenvalue weighted by Gasteiger charge is -2.33. The molecular weight excluding hydrogens is 278 g/mol. The number of urea groups is 1. The van der Waals surface area contributed by atoms with Crippen LogP contribution in [0.25, 0.3) is 0 Å². The van der Waals surface area contributed by atoms with E-state index < -0.39 is 0 Å². The number of carbonyl (C=O) groups is 2. The van der Waals surface area contributed by atoms with E-state index in [1.807, 2.05) is 26.0 Å². The Morgan fingerprint density at radius 3 is 2.14 bits per heavy atom. The number of anilines is 1. The zero-order valence-electron chi connectivity index (χ0n) is 13.8. The third kappa shape index (κ3) is 4.00. The maximum atomic E-state index is 12.4. The fourth-order valence-electron chi connectivity index (χ4n) is 2.91. The largest absolute Gasteiger partial charge is 0.331 e. The first kappa shape index (κ1) is 16.3. The average molecular weight is 303 g/mol. The number of likely N-dealkylation sites (tertiary alicyclic amines) is 1. The molecule has 1 N–H and O–H groups in total. The van der Waals surface area contributed by atoms with E-state index in [0.717, 1.165) is 29.7 Å². The molecule has 0 bridgehead atoms. The van der Waals surface area contributed by atoms with E-state index in [-0.39, 0.29) is 17.9 Å². The third-order valence-corrected chi connectivity index (χ3v) is 4.01. The van der Waals surface area contributed by atoms with E-state index in [1.54, 1.807) is 23.9 Å². The van der Waals surface area contributed by atoms with Crippen LogP contribution in [0.1, 0.15) is 24.0 Å². The lowest BCUT2D eigenvalue weighted by molar-refractivity contribution is -0.121. The van der Waals surface area contributed by atoms with Crippen LogP contribution in [0.15, 0.2) is 18.2 Å². The summed E-state index contributed by atoms with van der Waals surface area (Å²) >= 11 is 0. The standard InChI is InChI=1S/C17H25N3O2/c1-12-9-13(2)11-15(10-12)18-16(21)14-5-7-20(8-6-14)17(22)19(3)4/h9-11,14H,5-8H2,1-4H3,(H,18,21). The first-order valence-corrected chi connectivity index (χ1v) is 7.72. The summed E-state index contributed by atoms with van der Waals surface area (Å²) in [5.74, 6) is 0.0361. The van der Waals surface area contributed by atoms with Crippen molar-refractivity contribution >= 4 is 17.6 Å². The summed E-state index contributed by atoms with van der Waals surface area (Å²) in [4.78, 5) is 27.7. The molecular formula is C17H25N3O2. The van der Waals surface area contributed by atoms with Crippen molar-refractivity contribution in [2.24, 2.45) is 5.92 Å². The minimum absolute atomic E-state index is 0.0213. The zero-order valence-corrected chi connectivity index (χ0v) is 13.8. The molecule has 1 fully saturated rings. The Labute approximate surface area is 132 Å². The lowest BCUT2D eigenvalue weighted by atomic mass is 9.96. The quantitative estimate of drug-likeness (QED) is 0.913. The third-order valence-electron chi connectivity index (χ3n) is 4.01. The highest BCUT2D eigenvalue weighted by molar-refractivity contribution is 5.93. The fourth-order valence-corrected chi connectivity index (χ4v) is 2.91. The molecule has 1 heterocycles. The molecule has 0 unspecified atom stereocenters. The van der Waals surface area contributed by atoms with Gasteiger partial charge in [-0.1, -0.05) is 6.07 Å². The van der Waals surface area contributed by atoms with Gasteiger partial charge >= 0.3 is 6.03 Å².